The van der Waals surface area contributed by atoms with Crippen molar-refractivity contribution in [3.63, 3.8) is 0 Å². The molecule has 2 aromatic rings. The van der Waals surface area contributed by atoms with Gasteiger partial charge >= 0.3 is 0 Å². The number of methoxy groups -OCH3 is 2. The molecule has 0 saturated carbocycles. The highest BCUT2D eigenvalue weighted by atomic mass is 32.1. The molecule has 0 amide bonds. The van der Waals surface area contributed by atoms with Crippen molar-refractivity contribution in [1.29, 1.82) is 0 Å². The zero-order valence-corrected chi connectivity index (χ0v) is 20.3. The predicted octanol–water partition coefficient (Wildman–Crippen LogP) is 5.21. The Morgan fingerprint density at radius 2 is 1.61 bits per heavy atom. The summed E-state index contributed by atoms with van der Waals surface area (Å²) in [5.41, 5.74) is 2.11. The molecule has 6 heteroatoms. The van der Waals surface area contributed by atoms with Gasteiger partial charge in [-0.1, -0.05) is 24.3 Å². The van der Waals surface area contributed by atoms with E-state index in [0.29, 0.717) is 11.2 Å². The van der Waals surface area contributed by atoms with Crippen LogP contribution >= 0.6 is 12.2 Å². The highest BCUT2D eigenvalue weighted by Gasteiger charge is 2.40. The zero-order valence-electron chi connectivity index (χ0n) is 19.5. The number of piperidine rings is 1. The van der Waals surface area contributed by atoms with Crippen LogP contribution in [0.4, 0.5) is 5.69 Å². The fourth-order valence-corrected chi connectivity index (χ4v) is 5.04. The minimum absolute atomic E-state index is 0.0185. The Bertz CT molecular complexity index is 880. The van der Waals surface area contributed by atoms with Crippen LogP contribution in [-0.2, 0) is 6.54 Å². The Morgan fingerprint density at radius 3 is 2.19 bits per heavy atom. The maximum absolute atomic E-state index is 5.96. The van der Waals surface area contributed by atoms with Crippen LogP contribution in [0.3, 0.4) is 0 Å². The second kappa shape index (κ2) is 9.45. The van der Waals surface area contributed by atoms with E-state index in [-0.39, 0.29) is 11.1 Å². The van der Waals surface area contributed by atoms with Crippen LogP contribution in [0.15, 0.2) is 48.5 Å². The van der Waals surface area contributed by atoms with Gasteiger partial charge in [0.2, 0.25) is 0 Å². The van der Waals surface area contributed by atoms with E-state index in [0.717, 1.165) is 36.6 Å². The first-order valence-corrected chi connectivity index (χ1v) is 11.2. The summed E-state index contributed by atoms with van der Waals surface area (Å²) in [6.07, 6.45) is 2.00. The molecule has 1 aliphatic heterocycles. The fourth-order valence-electron chi connectivity index (χ4n) is 4.72. The number of hydrogen-bond donors (Lipinski definition) is 2. The van der Waals surface area contributed by atoms with Crippen LogP contribution in [0, 0.1) is 0 Å². The molecule has 2 N–H and O–H groups in total. The van der Waals surface area contributed by atoms with Crippen molar-refractivity contribution in [2.75, 3.05) is 19.5 Å². The molecule has 0 bridgehead atoms. The first-order chi connectivity index (χ1) is 14.6. The van der Waals surface area contributed by atoms with Gasteiger partial charge in [-0.15, -0.1) is 0 Å². The number of para-hydroxylation sites is 2. The standard InChI is InChI=1S/C25H35N3O2S/c1-24(2)15-19(16-25(3,4)27-24)28(17-18-11-13-20(29-5)14-12-18)23(31)26-21-9-7-8-10-22(21)30-6/h7-14,19,27H,15-17H2,1-6H3,(H,26,31). The number of rotatable bonds is 6. The highest BCUT2D eigenvalue weighted by molar-refractivity contribution is 7.80. The molecule has 0 atom stereocenters. The fraction of sp³-hybridized carbons (Fsp3) is 0.480. The molecule has 1 heterocycles. The van der Waals surface area contributed by atoms with E-state index in [1.54, 1.807) is 14.2 Å². The third-order valence-electron chi connectivity index (χ3n) is 5.73. The average molecular weight is 442 g/mol. The van der Waals surface area contributed by atoms with Crippen molar-refractivity contribution in [3.05, 3.63) is 54.1 Å². The highest BCUT2D eigenvalue weighted by Crippen LogP contribution is 2.33. The first kappa shape index (κ1) is 23.4. The molecule has 0 aromatic heterocycles. The summed E-state index contributed by atoms with van der Waals surface area (Å²) in [6, 6.07) is 16.4. The van der Waals surface area contributed by atoms with Gasteiger partial charge in [-0.2, -0.15) is 0 Å². The van der Waals surface area contributed by atoms with E-state index in [4.69, 9.17) is 21.7 Å². The lowest BCUT2D eigenvalue weighted by Gasteiger charge is -2.50. The lowest BCUT2D eigenvalue weighted by molar-refractivity contribution is 0.101. The summed E-state index contributed by atoms with van der Waals surface area (Å²) in [4.78, 5) is 2.33. The molecular formula is C25H35N3O2S. The van der Waals surface area contributed by atoms with Crippen molar-refractivity contribution < 1.29 is 9.47 Å². The van der Waals surface area contributed by atoms with E-state index in [1.807, 2.05) is 36.4 Å². The summed E-state index contributed by atoms with van der Waals surface area (Å²) in [6.45, 7) is 9.79. The molecular weight excluding hydrogens is 406 g/mol. The minimum atomic E-state index is 0.0185. The van der Waals surface area contributed by atoms with Gasteiger partial charge in [-0.05, 0) is 82.6 Å². The van der Waals surface area contributed by atoms with Crippen molar-refractivity contribution in [1.82, 2.24) is 10.2 Å². The Labute approximate surface area is 192 Å². The van der Waals surface area contributed by atoms with Crippen LogP contribution < -0.4 is 20.1 Å². The molecule has 3 rings (SSSR count). The van der Waals surface area contributed by atoms with Gasteiger partial charge in [-0.25, -0.2) is 0 Å². The quantitative estimate of drug-likeness (QED) is 0.600. The second-order valence-corrected chi connectivity index (χ2v) is 9.95. The summed E-state index contributed by atoms with van der Waals surface area (Å²) < 4.78 is 10.8. The van der Waals surface area contributed by atoms with Gasteiger partial charge in [0, 0.05) is 23.7 Å². The van der Waals surface area contributed by atoms with E-state index in [9.17, 15) is 0 Å². The van der Waals surface area contributed by atoms with Gasteiger partial charge in [0.25, 0.3) is 0 Å². The Kier molecular flexibility index (Phi) is 7.12. The number of anilines is 1. The predicted molar refractivity (Wildman–Crippen MR) is 132 cm³/mol. The monoisotopic (exact) mass is 441 g/mol. The molecule has 1 aliphatic rings. The van der Waals surface area contributed by atoms with Crippen molar-refractivity contribution >= 4 is 23.0 Å². The lowest BCUT2D eigenvalue weighted by Crippen LogP contribution is -2.63. The average Bonchev–Trinajstić information content (AvgIpc) is 2.70. The molecule has 0 radical (unpaired) electrons. The van der Waals surface area contributed by atoms with E-state index in [1.165, 1.54) is 5.56 Å². The van der Waals surface area contributed by atoms with E-state index in [2.05, 4.69) is 55.4 Å². The molecule has 5 nitrogen and oxygen atoms in total. The molecule has 1 fully saturated rings. The lowest BCUT2D eigenvalue weighted by atomic mass is 9.79. The molecule has 31 heavy (non-hydrogen) atoms. The molecule has 1 saturated heterocycles. The Hall–Kier alpha value is -2.31. The number of nitrogens with zero attached hydrogens (tertiary/aromatic N) is 1. The Balaban J connectivity index is 1.90. The molecule has 0 unspecified atom stereocenters. The number of thiocarbonyl (C=S) groups is 1. The number of ether oxygens (including phenoxy) is 2. The van der Waals surface area contributed by atoms with Crippen molar-refractivity contribution in [3.8, 4) is 11.5 Å². The number of benzene rings is 2. The van der Waals surface area contributed by atoms with Crippen LogP contribution in [-0.4, -0.2) is 41.4 Å². The normalized spacial score (nSPS) is 17.6. The van der Waals surface area contributed by atoms with Crippen LogP contribution in [0.25, 0.3) is 0 Å². The molecule has 0 spiro atoms. The van der Waals surface area contributed by atoms with Crippen molar-refractivity contribution in [2.24, 2.45) is 0 Å². The van der Waals surface area contributed by atoms with Gasteiger partial charge in [0.05, 0.1) is 19.9 Å². The van der Waals surface area contributed by atoms with Crippen LogP contribution in [0.2, 0.25) is 0 Å². The van der Waals surface area contributed by atoms with Gasteiger partial charge < -0.3 is 25.0 Å². The van der Waals surface area contributed by atoms with E-state index >= 15 is 0 Å². The maximum atomic E-state index is 5.96. The van der Waals surface area contributed by atoms with Gasteiger partial charge in [0.1, 0.15) is 11.5 Å². The van der Waals surface area contributed by atoms with Crippen LogP contribution in [0.5, 0.6) is 11.5 Å². The number of nitrogens with one attached hydrogen (secondary N) is 2. The zero-order chi connectivity index (χ0) is 22.6. The third kappa shape index (κ3) is 6.11. The van der Waals surface area contributed by atoms with E-state index < -0.39 is 0 Å². The maximum Gasteiger partial charge on any atom is 0.174 e. The summed E-state index contributed by atoms with van der Waals surface area (Å²) in [7, 11) is 3.36. The van der Waals surface area contributed by atoms with Gasteiger partial charge in [-0.3, -0.25) is 0 Å². The smallest absolute Gasteiger partial charge is 0.174 e. The largest absolute Gasteiger partial charge is 0.497 e. The van der Waals surface area contributed by atoms with Crippen molar-refractivity contribution in [2.45, 2.75) is 64.2 Å². The van der Waals surface area contributed by atoms with Crippen LogP contribution in [0.1, 0.15) is 46.1 Å². The second-order valence-electron chi connectivity index (χ2n) is 9.56. The SMILES string of the molecule is COc1ccc(CN(C(=S)Nc2ccccc2OC)C2CC(C)(C)NC(C)(C)C2)cc1. The topological polar surface area (TPSA) is 45.8 Å². The molecule has 0 aliphatic carbocycles. The Morgan fingerprint density at radius 1 is 1.00 bits per heavy atom. The van der Waals surface area contributed by atoms with Gasteiger partial charge in [0.15, 0.2) is 5.11 Å². The third-order valence-corrected chi connectivity index (χ3v) is 6.07. The minimum Gasteiger partial charge on any atom is -0.497 e. The first-order valence-electron chi connectivity index (χ1n) is 10.8. The number of hydrogen-bond acceptors (Lipinski definition) is 4. The summed E-state index contributed by atoms with van der Waals surface area (Å²) in [5.74, 6) is 1.63. The molecule has 168 valence electrons. The summed E-state index contributed by atoms with van der Waals surface area (Å²) >= 11 is 5.96. The molecule has 2 aromatic carbocycles. The summed E-state index contributed by atoms with van der Waals surface area (Å²) in [5, 5.41) is 7.93.